The van der Waals surface area contributed by atoms with Crippen LogP contribution in [0.2, 0.25) is 0 Å². The maximum atomic E-state index is 12.3. The molecule has 128 valence electrons. The van der Waals surface area contributed by atoms with E-state index in [2.05, 4.69) is 10.2 Å². The highest BCUT2D eigenvalue weighted by Gasteiger charge is 2.39. The van der Waals surface area contributed by atoms with Crippen molar-refractivity contribution < 1.29 is 4.79 Å². The second-order valence-electron chi connectivity index (χ2n) is 7.47. The Kier molecular flexibility index (Phi) is 6.97. The molecule has 0 spiro atoms. The zero-order chi connectivity index (χ0) is 14.7. The van der Waals surface area contributed by atoms with Gasteiger partial charge in [-0.3, -0.25) is 9.69 Å². The van der Waals surface area contributed by atoms with Crippen molar-refractivity contribution in [1.82, 2.24) is 10.2 Å². The Morgan fingerprint density at radius 1 is 1.00 bits per heavy atom. The summed E-state index contributed by atoms with van der Waals surface area (Å²) in [6.07, 6.45) is 11.3. The third kappa shape index (κ3) is 4.59. The van der Waals surface area contributed by atoms with Crippen molar-refractivity contribution in [1.29, 1.82) is 0 Å². The highest BCUT2D eigenvalue weighted by atomic mass is 35.5. The molecule has 2 aliphatic carbocycles. The van der Waals surface area contributed by atoms with Crippen LogP contribution in [0, 0.1) is 11.8 Å². The number of nitrogens with one attached hydrogen (secondary N) is 1. The second kappa shape index (κ2) is 8.51. The van der Waals surface area contributed by atoms with Gasteiger partial charge in [-0.1, -0.05) is 32.1 Å². The van der Waals surface area contributed by atoms with E-state index in [4.69, 9.17) is 5.73 Å². The van der Waals surface area contributed by atoms with Crippen molar-refractivity contribution in [2.75, 3.05) is 19.6 Å². The van der Waals surface area contributed by atoms with Crippen molar-refractivity contribution in [2.45, 2.75) is 69.9 Å². The molecular formula is C17H32ClN3O. The minimum atomic E-state index is 0. The Labute approximate surface area is 141 Å². The van der Waals surface area contributed by atoms with Crippen molar-refractivity contribution in [3.05, 3.63) is 0 Å². The second-order valence-corrected chi connectivity index (χ2v) is 7.47. The van der Waals surface area contributed by atoms with E-state index in [-0.39, 0.29) is 18.3 Å². The average molecular weight is 330 g/mol. The molecule has 3 unspecified atom stereocenters. The number of hydrogen-bond donors (Lipinski definition) is 2. The normalized spacial score (nSPS) is 33.6. The smallest absolute Gasteiger partial charge is 0.234 e. The number of likely N-dealkylation sites (tertiary alicyclic amines) is 1. The van der Waals surface area contributed by atoms with E-state index in [0.717, 1.165) is 19.0 Å². The summed E-state index contributed by atoms with van der Waals surface area (Å²) in [7, 11) is 0. The molecule has 1 amide bonds. The van der Waals surface area contributed by atoms with Crippen LogP contribution in [0.15, 0.2) is 0 Å². The number of hydrogen-bond acceptors (Lipinski definition) is 3. The van der Waals surface area contributed by atoms with Gasteiger partial charge in [0.1, 0.15) is 0 Å². The lowest BCUT2D eigenvalue weighted by Gasteiger charge is -2.29. The predicted octanol–water partition coefficient (Wildman–Crippen LogP) is 2.31. The van der Waals surface area contributed by atoms with Gasteiger partial charge in [0, 0.05) is 25.2 Å². The van der Waals surface area contributed by atoms with Crippen LogP contribution in [0.5, 0.6) is 0 Å². The van der Waals surface area contributed by atoms with Crippen molar-refractivity contribution in [2.24, 2.45) is 17.6 Å². The molecule has 0 aromatic heterocycles. The Morgan fingerprint density at radius 2 is 1.73 bits per heavy atom. The topological polar surface area (TPSA) is 58.4 Å². The molecule has 3 N–H and O–H groups in total. The number of halogens is 1. The van der Waals surface area contributed by atoms with E-state index in [1.807, 2.05) is 0 Å². The first-order chi connectivity index (χ1) is 10.2. The van der Waals surface area contributed by atoms with Gasteiger partial charge in [-0.05, 0) is 37.5 Å². The number of rotatable bonds is 3. The molecule has 5 heteroatoms. The fourth-order valence-corrected chi connectivity index (χ4v) is 4.64. The quantitative estimate of drug-likeness (QED) is 0.781. The molecule has 1 saturated heterocycles. The van der Waals surface area contributed by atoms with Gasteiger partial charge in [0.25, 0.3) is 0 Å². The molecule has 4 nitrogen and oxygen atoms in total. The SMILES string of the molecule is Cl.NC1CCCC2CN(CC(=O)NC3CCCCCC3)CC12. The minimum Gasteiger partial charge on any atom is -0.352 e. The van der Waals surface area contributed by atoms with Gasteiger partial charge in [-0.15, -0.1) is 12.4 Å². The molecule has 3 atom stereocenters. The molecule has 3 fully saturated rings. The third-order valence-corrected chi connectivity index (χ3v) is 5.82. The molecule has 3 aliphatic rings. The van der Waals surface area contributed by atoms with Crippen LogP contribution in [-0.4, -0.2) is 42.5 Å². The first kappa shape index (κ1) is 18.0. The van der Waals surface area contributed by atoms with E-state index in [1.54, 1.807) is 0 Å². The molecule has 0 bridgehead atoms. The van der Waals surface area contributed by atoms with Crippen LogP contribution in [0.3, 0.4) is 0 Å². The summed E-state index contributed by atoms with van der Waals surface area (Å²) in [4.78, 5) is 14.6. The van der Waals surface area contributed by atoms with Gasteiger partial charge < -0.3 is 11.1 Å². The van der Waals surface area contributed by atoms with Gasteiger partial charge >= 0.3 is 0 Å². The Morgan fingerprint density at radius 3 is 2.41 bits per heavy atom. The zero-order valence-electron chi connectivity index (χ0n) is 13.6. The minimum absolute atomic E-state index is 0. The third-order valence-electron chi connectivity index (χ3n) is 5.82. The molecule has 0 radical (unpaired) electrons. The van der Waals surface area contributed by atoms with Gasteiger partial charge in [-0.2, -0.15) is 0 Å². The average Bonchev–Trinajstić information content (AvgIpc) is 2.69. The molecule has 2 saturated carbocycles. The fraction of sp³-hybridized carbons (Fsp3) is 0.941. The zero-order valence-corrected chi connectivity index (χ0v) is 14.5. The summed E-state index contributed by atoms with van der Waals surface area (Å²) in [5.74, 6) is 1.60. The fourth-order valence-electron chi connectivity index (χ4n) is 4.64. The lowest BCUT2D eigenvalue weighted by atomic mass is 9.78. The largest absolute Gasteiger partial charge is 0.352 e. The van der Waals surface area contributed by atoms with E-state index in [0.29, 0.717) is 24.5 Å². The summed E-state index contributed by atoms with van der Waals surface area (Å²) in [5, 5.41) is 3.27. The van der Waals surface area contributed by atoms with Crippen LogP contribution < -0.4 is 11.1 Å². The highest BCUT2D eigenvalue weighted by Crippen LogP contribution is 2.35. The molecule has 3 rings (SSSR count). The maximum absolute atomic E-state index is 12.3. The van der Waals surface area contributed by atoms with E-state index < -0.39 is 0 Å². The van der Waals surface area contributed by atoms with Crippen molar-refractivity contribution >= 4 is 18.3 Å². The van der Waals surface area contributed by atoms with Crippen LogP contribution >= 0.6 is 12.4 Å². The van der Waals surface area contributed by atoms with Crippen molar-refractivity contribution in [3.8, 4) is 0 Å². The first-order valence-electron chi connectivity index (χ1n) is 8.99. The van der Waals surface area contributed by atoms with Gasteiger partial charge in [0.15, 0.2) is 0 Å². The number of carbonyl (C=O) groups excluding carboxylic acids is 1. The standard InChI is InChI=1S/C17H31N3O.ClH/c18-16-9-5-6-13-10-20(11-15(13)16)12-17(21)19-14-7-3-1-2-4-8-14;/h13-16H,1-12,18H2,(H,19,21);1H. The molecule has 1 aliphatic heterocycles. The molecule has 0 aromatic carbocycles. The first-order valence-corrected chi connectivity index (χ1v) is 8.99. The number of nitrogens with two attached hydrogens (primary N) is 1. The number of fused-ring (bicyclic) bond motifs is 1. The summed E-state index contributed by atoms with van der Waals surface area (Å²) in [6.45, 7) is 2.69. The highest BCUT2D eigenvalue weighted by molar-refractivity contribution is 5.85. The van der Waals surface area contributed by atoms with Crippen molar-refractivity contribution in [3.63, 3.8) is 0 Å². The lowest BCUT2D eigenvalue weighted by Crippen LogP contribution is -2.42. The van der Waals surface area contributed by atoms with Gasteiger partial charge in [0.05, 0.1) is 6.54 Å². The van der Waals surface area contributed by atoms with Crippen LogP contribution in [0.4, 0.5) is 0 Å². The summed E-state index contributed by atoms with van der Waals surface area (Å²) < 4.78 is 0. The number of amides is 1. The van der Waals surface area contributed by atoms with Gasteiger partial charge in [-0.25, -0.2) is 0 Å². The summed E-state index contributed by atoms with van der Waals surface area (Å²) in [6, 6.07) is 0.783. The summed E-state index contributed by atoms with van der Waals surface area (Å²) in [5.41, 5.74) is 6.25. The van der Waals surface area contributed by atoms with E-state index in [1.165, 1.54) is 57.8 Å². The number of nitrogens with zero attached hydrogens (tertiary/aromatic N) is 1. The lowest BCUT2D eigenvalue weighted by molar-refractivity contribution is -0.122. The predicted molar refractivity (Wildman–Crippen MR) is 92.1 cm³/mol. The molecule has 1 heterocycles. The Hall–Kier alpha value is -0.320. The van der Waals surface area contributed by atoms with Gasteiger partial charge in [0.2, 0.25) is 5.91 Å². The number of carbonyl (C=O) groups is 1. The van der Waals surface area contributed by atoms with Crippen LogP contribution in [0.25, 0.3) is 0 Å². The summed E-state index contributed by atoms with van der Waals surface area (Å²) >= 11 is 0. The molecular weight excluding hydrogens is 298 g/mol. The molecule has 22 heavy (non-hydrogen) atoms. The monoisotopic (exact) mass is 329 g/mol. The Bertz CT molecular complexity index is 358. The van der Waals surface area contributed by atoms with Crippen LogP contribution in [0.1, 0.15) is 57.8 Å². The van der Waals surface area contributed by atoms with Crippen LogP contribution in [-0.2, 0) is 4.79 Å². The Balaban J connectivity index is 0.00000176. The molecule has 0 aromatic rings. The van der Waals surface area contributed by atoms with E-state index >= 15 is 0 Å². The van der Waals surface area contributed by atoms with E-state index in [9.17, 15) is 4.79 Å². The maximum Gasteiger partial charge on any atom is 0.234 e.